The predicted molar refractivity (Wildman–Crippen MR) is 92.2 cm³/mol. The SMILES string of the molecule is CCOC(=O)c1ccc(N2C(=O)CC(c3ccccc3)NC2=O)cc1. The second-order valence-corrected chi connectivity index (χ2v) is 5.61. The number of carbonyl (C=O) groups is 3. The first-order chi connectivity index (χ1) is 12.1. The Morgan fingerprint density at radius 3 is 2.40 bits per heavy atom. The smallest absolute Gasteiger partial charge is 0.338 e. The molecule has 0 saturated carbocycles. The first-order valence-corrected chi connectivity index (χ1v) is 8.05. The number of amides is 3. The van der Waals surface area contributed by atoms with Crippen LogP contribution in [0.3, 0.4) is 0 Å². The van der Waals surface area contributed by atoms with Gasteiger partial charge in [-0.3, -0.25) is 4.79 Å². The van der Waals surface area contributed by atoms with Gasteiger partial charge in [0.15, 0.2) is 0 Å². The van der Waals surface area contributed by atoms with E-state index in [1.165, 1.54) is 12.1 Å². The van der Waals surface area contributed by atoms with Crippen molar-refractivity contribution in [1.82, 2.24) is 5.32 Å². The number of ether oxygens (including phenoxy) is 1. The van der Waals surface area contributed by atoms with Gasteiger partial charge >= 0.3 is 12.0 Å². The van der Waals surface area contributed by atoms with Crippen LogP contribution in [0.5, 0.6) is 0 Å². The number of urea groups is 1. The molecule has 3 amide bonds. The Kier molecular flexibility index (Phi) is 4.79. The number of carbonyl (C=O) groups excluding carboxylic acids is 3. The summed E-state index contributed by atoms with van der Waals surface area (Å²) in [6.45, 7) is 2.01. The monoisotopic (exact) mass is 338 g/mol. The highest BCUT2D eigenvalue weighted by atomic mass is 16.5. The third kappa shape index (κ3) is 3.52. The summed E-state index contributed by atoms with van der Waals surface area (Å²) in [5, 5.41) is 2.84. The van der Waals surface area contributed by atoms with E-state index in [1.807, 2.05) is 30.3 Å². The molecule has 25 heavy (non-hydrogen) atoms. The summed E-state index contributed by atoms with van der Waals surface area (Å²) in [5.74, 6) is -0.728. The molecule has 6 heteroatoms. The zero-order valence-electron chi connectivity index (χ0n) is 13.8. The van der Waals surface area contributed by atoms with Gasteiger partial charge in [0, 0.05) is 0 Å². The fourth-order valence-electron chi connectivity index (χ4n) is 2.75. The quantitative estimate of drug-likeness (QED) is 0.870. The van der Waals surface area contributed by atoms with Gasteiger partial charge in [0.2, 0.25) is 5.91 Å². The minimum absolute atomic E-state index is 0.176. The number of hydrogen-bond donors (Lipinski definition) is 1. The second-order valence-electron chi connectivity index (χ2n) is 5.61. The number of nitrogens with one attached hydrogen (secondary N) is 1. The number of anilines is 1. The third-order valence-electron chi connectivity index (χ3n) is 3.97. The van der Waals surface area contributed by atoms with Crippen LogP contribution in [0.25, 0.3) is 0 Å². The molecule has 0 spiro atoms. The van der Waals surface area contributed by atoms with E-state index < -0.39 is 12.0 Å². The molecule has 1 aliphatic rings. The van der Waals surface area contributed by atoms with Crippen molar-refractivity contribution in [3.05, 3.63) is 65.7 Å². The highest BCUT2D eigenvalue weighted by molar-refractivity contribution is 6.16. The molecule has 1 atom stereocenters. The molecule has 0 aromatic heterocycles. The zero-order chi connectivity index (χ0) is 17.8. The molecule has 1 fully saturated rings. The Morgan fingerprint density at radius 1 is 1.12 bits per heavy atom. The van der Waals surface area contributed by atoms with Gasteiger partial charge in [0.05, 0.1) is 30.3 Å². The number of esters is 1. The molecule has 128 valence electrons. The highest BCUT2D eigenvalue weighted by Crippen LogP contribution is 2.26. The van der Waals surface area contributed by atoms with Crippen LogP contribution in [-0.4, -0.2) is 24.5 Å². The molecule has 1 aliphatic heterocycles. The van der Waals surface area contributed by atoms with Gasteiger partial charge in [-0.1, -0.05) is 30.3 Å². The summed E-state index contributed by atoms with van der Waals surface area (Å²) >= 11 is 0. The molecule has 1 unspecified atom stereocenters. The lowest BCUT2D eigenvalue weighted by atomic mass is 10.0. The van der Waals surface area contributed by atoms with Gasteiger partial charge in [-0.05, 0) is 36.8 Å². The fraction of sp³-hybridized carbons (Fsp3) is 0.211. The maximum atomic E-state index is 12.5. The van der Waals surface area contributed by atoms with E-state index >= 15 is 0 Å². The topological polar surface area (TPSA) is 75.7 Å². The fourth-order valence-corrected chi connectivity index (χ4v) is 2.75. The van der Waals surface area contributed by atoms with Crippen LogP contribution in [-0.2, 0) is 9.53 Å². The minimum Gasteiger partial charge on any atom is -0.462 e. The molecule has 1 saturated heterocycles. The van der Waals surface area contributed by atoms with E-state index in [0.717, 1.165) is 10.5 Å². The maximum Gasteiger partial charge on any atom is 0.338 e. The average molecular weight is 338 g/mol. The minimum atomic E-state index is -0.478. The van der Waals surface area contributed by atoms with Gasteiger partial charge in [-0.25, -0.2) is 14.5 Å². The molecule has 0 bridgehead atoms. The van der Waals surface area contributed by atoms with Crippen LogP contribution in [0.1, 0.15) is 35.3 Å². The van der Waals surface area contributed by atoms with Crippen molar-refractivity contribution in [1.29, 1.82) is 0 Å². The van der Waals surface area contributed by atoms with Gasteiger partial charge in [0.1, 0.15) is 0 Å². The van der Waals surface area contributed by atoms with Crippen molar-refractivity contribution < 1.29 is 19.1 Å². The predicted octanol–water partition coefficient (Wildman–Crippen LogP) is 3.05. The normalized spacial score (nSPS) is 17.2. The molecule has 0 radical (unpaired) electrons. The van der Waals surface area contributed by atoms with E-state index in [-0.39, 0.29) is 25.0 Å². The van der Waals surface area contributed by atoms with Crippen molar-refractivity contribution >= 4 is 23.6 Å². The summed E-state index contributed by atoms with van der Waals surface area (Å²) in [6, 6.07) is 14.8. The Bertz CT molecular complexity index is 769. The van der Waals surface area contributed by atoms with Crippen LogP contribution < -0.4 is 10.2 Å². The summed E-state index contributed by atoms with van der Waals surface area (Å²) in [4.78, 5) is 37.7. The first kappa shape index (κ1) is 16.7. The number of hydrogen-bond acceptors (Lipinski definition) is 4. The Hall–Kier alpha value is -3.15. The molecule has 6 nitrogen and oxygen atoms in total. The van der Waals surface area contributed by atoms with Crippen molar-refractivity contribution in [2.75, 3.05) is 11.5 Å². The number of imide groups is 1. The van der Waals surface area contributed by atoms with Crippen LogP contribution in [0.2, 0.25) is 0 Å². The van der Waals surface area contributed by atoms with E-state index in [4.69, 9.17) is 4.74 Å². The van der Waals surface area contributed by atoms with Crippen molar-refractivity contribution in [2.24, 2.45) is 0 Å². The van der Waals surface area contributed by atoms with E-state index in [0.29, 0.717) is 11.3 Å². The van der Waals surface area contributed by atoms with Gasteiger partial charge < -0.3 is 10.1 Å². The van der Waals surface area contributed by atoms with Crippen molar-refractivity contribution in [3.8, 4) is 0 Å². The Labute approximate surface area is 145 Å². The van der Waals surface area contributed by atoms with Crippen molar-refractivity contribution in [3.63, 3.8) is 0 Å². The zero-order valence-corrected chi connectivity index (χ0v) is 13.8. The lowest BCUT2D eigenvalue weighted by Gasteiger charge is -2.31. The Balaban J connectivity index is 1.76. The second kappa shape index (κ2) is 7.17. The van der Waals surface area contributed by atoms with E-state index in [2.05, 4.69) is 5.32 Å². The van der Waals surface area contributed by atoms with Crippen LogP contribution in [0, 0.1) is 0 Å². The third-order valence-corrected chi connectivity index (χ3v) is 3.97. The molecule has 2 aromatic rings. The van der Waals surface area contributed by atoms with Gasteiger partial charge in [-0.15, -0.1) is 0 Å². The Morgan fingerprint density at radius 2 is 1.80 bits per heavy atom. The average Bonchev–Trinajstić information content (AvgIpc) is 2.62. The highest BCUT2D eigenvalue weighted by Gasteiger charge is 2.33. The molecular formula is C19H18N2O4. The summed E-state index contributed by atoms with van der Waals surface area (Å²) in [6.07, 6.45) is 0.176. The molecule has 2 aromatic carbocycles. The lowest BCUT2D eigenvalue weighted by molar-refractivity contribution is -0.119. The number of rotatable bonds is 4. The molecule has 0 aliphatic carbocycles. The van der Waals surface area contributed by atoms with Crippen LogP contribution in [0.4, 0.5) is 10.5 Å². The first-order valence-electron chi connectivity index (χ1n) is 8.05. The largest absolute Gasteiger partial charge is 0.462 e. The van der Waals surface area contributed by atoms with Crippen LogP contribution in [0.15, 0.2) is 54.6 Å². The number of nitrogens with zero attached hydrogens (tertiary/aromatic N) is 1. The summed E-state index contributed by atoms with van der Waals surface area (Å²) in [5.41, 5.74) is 1.68. The standard InChI is InChI=1S/C19H18N2O4/c1-2-25-18(23)14-8-10-15(11-9-14)21-17(22)12-16(20-19(21)24)13-6-4-3-5-7-13/h3-11,16H,2,12H2,1H3,(H,20,24). The molecular weight excluding hydrogens is 320 g/mol. The molecule has 3 rings (SSSR count). The lowest BCUT2D eigenvalue weighted by Crippen LogP contribution is -2.51. The van der Waals surface area contributed by atoms with Crippen molar-refractivity contribution in [2.45, 2.75) is 19.4 Å². The molecule has 1 N–H and O–H groups in total. The summed E-state index contributed by atoms with van der Waals surface area (Å²) in [7, 11) is 0. The number of benzene rings is 2. The maximum absolute atomic E-state index is 12.5. The summed E-state index contributed by atoms with van der Waals surface area (Å²) < 4.78 is 4.92. The van der Waals surface area contributed by atoms with E-state index in [1.54, 1.807) is 19.1 Å². The van der Waals surface area contributed by atoms with E-state index in [9.17, 15) is 14.4 Å². The van der Waals surface area contributed by atoms with Gasteiger partial charge in [0.25, 0.3) is 0 Å². The van der Waals surface area contributed by atoms with Gasteiger partial charge in [-0.2, -0.15) is 0 Å². The molecule has 1 heterocycles. The van der Waals surface area contributed by atoms with Crippen LogP contribution >= 0.6 is 0 Å².